The van der Waals surface area contributed by atoms with Gasteiger partial charge in [-0.05, 0) is 67.5 Å². The van der Waals surface area contributed by atoms with E-state index in [2.05, 4.69) is 25.1 Å². The second kappa shape index (κ2) is 15.4. The molecule has 3 heterocycles. The maximum absolute atomic E-state index is 14.7. The topological polar surface area (TPSA) is 136 Å². The van der Waals surface area contributed by atoms with Crippen molar-refractivity contribution in [2.24, 2.45) is 0 Å². The molecule has 1 aliphatic carbocycles. The number of carbonyl (C=O) groups is 4. The smallest absolute Gasteiger partial charge is 0.345 e. The van der Waals surface area contributed by atoms with E-state index in [9.17, 15) is 23.6 Å². The standard InChI is InChI=1S/C22H28N2O5.C19H15FN2O4/c1-21(2)14-22(3,26-5)29-19-13-17(11-12-18(19)21)28-16-9-7-15(8-10-16)23-20(25)24(4)27-6;1-2-7-21-15-9-14(13(20)8-16(15)26-10-17(21)23)22-18(24)11-5-3-4-6-12(11)19(22)25/h7-13H,14H2,1-6H3,(H,23,25);1,8-9H,3-7,10H2. The summed E-state index contributed by atoms with van der Waals surface area (Å²) in [5.74, 6) is 1.80. The number of benzene rings is 3. The van der Waals surface area contributed by atoms with Gasteiger partial charge < -0.3 is 24.3 Å². The Labute approximate surface area is 318 Å². The number of hydrogen-bond donors (Lipinski definition) is 1. The van der Waals surface area contributed by atoms with Crippen molar-refractivity contribution in [1.29, 1.82) is 0 Å². The van der Waals surface area contributed by atoms with E-state index in [4.69, 9.17) is 30.2 Å². The number of rotatable bonds is 7. The summed E-state index contributed by atoms with van der Waals surface area (Å²) in [4.78, 5) is 56.2. The third-order valence-corrected chi connectivity index (χ3v) is 9.96. The summed E-state index contributed by atoms with van der Waals surface area (Å²) in [6.45, 7) is 6.04. The van der Waals surface area contributed by atoms with E-state index in [1.54, 1.807) is 31.4 Å². The molecule has 55 heavy (non-hydrogen) atoms. The van der Waals surface area contributed by atoms with Crippen molar-refractivity contribution in [2.45, 2.75) is 64.1 Å². The molecular weight excluding hydrogens is 711 g/mol. The third kappa shape index (κ3) is 7.85. The van der Waals surface area contributed by atoms with Crippen LogP contribution in [0.1, 0.15) is 58.4 Å². The zero-order valence-electron chi connectivity index (χ0n) is 31.6. The molecular formula is C41H43FN4O9. The maximum atomic E-state index is 14.7. The van der Waals surface area contributed by atoms with Crippen LogP contribution in [0, 0.1) is 18.2 Å². The normalized spacial score (nSPS) is 19.5. The quantitative estimate of drug-likeness (QED) is 0.156. The minimum atomic E-state index is -0.764. The molecule has 1 atom stereocenters. The van der Waals surface area contributed by atoms with Crippen LogP contribution in [0.2, 0.25) is 0 Å². The van der Waals surface area contributed by atoms with Crippen molar-refractivity contribution < 1.29 is 47.4 Å². The number of amides is 5. The van der Waals surface area contributed by atoms with Gasteiger partial charge in [0.1, 0.15) is 23.0 Å². The first-order valence-electron chi connectivity index (χ1n) is 17.7. The van der Waals surface area contributed by atoms with Gasteiger partial charge in [0.25, 0.3) is 17.7 Å². The van der Waals surface area contributed by atoms with Gasteiger partial charge >= 0.3 is 6.03 Å². The number of nitrogens with one attached hydrogen (secondary N) is 1. The molecule has 0 saturated carbocycles. The second-order valence-corrected chi connectivity index (χ2v) is 14.2. The molecule has 0 aromatic heterocycles. The number of ether oxygens (including phenoxy) is 4. The highest BCUT2D eigenvalue weighted by molar-refractivity contribution is 6.33. The zero-order chi connectivity index (χ0) is 39.7. The van der Waals surface area contributed by atoms with Crippen LogP contribution in [-0.4, -0.2) is 69.0 Å². The number of anilines is 3. The van der Waals surface area contributed by atoms with Crippen LogP contribution >= 0.6 is 0 Å². The highest BCUT2D eigenvalue weighted by Gasteiger charge is 2.43. The lowest BCUT2D eigenvalue weighted by atomic mass is 9.76. The molecule has 288 valence electrons. The highest BCUT2D eigenvalue weighted by Crippen LogP contribution is 2.47. The molecule has 1 unspecified atom stereocenters. The Kier molecular flexibility index (Phi) is 10.9. The molecule has 0 spiro atoms. The van der Waals surface area contributed by atoms with Gasteiger partial charge in [0.15, 0.2) is 12.4 Å². The van der Waals surface area contributed by atoms with E-state index in [0.29, 0.717) is 41.2 Å². The molecule has 7 rings (SSSR count). The van der Waals surface area contributed by atoms with E-state index in [-0.39, 0.29) is 47.6 Å². The molecule has 0 saturated heterocycles. The van der Waals surface area contributed by atoms with Crippen LogP contribution in [0.15, 0.2) is 65.7 Å². The molecule has 3 aliphatic heterocycles. The number of imide groups is 1. The second-order valence-electron chi connectivity index (χ2n) is 14.2. The lowest BCUT2D eigenvalue weighted by Crippen LogP contribution is -2.45. The Morgan fingerprint density at radius 2 is 1.60 bits per heavy atom. The van der Waals surface area contributed by atoms with Gasteiger partial charge in [-0.15, -0.1) is 6.42 Å². The van der Waals surface area contributed by atoms with E-state index >= 15 is 0 Å². The number of nitrogens with zero attached hydrogens (tertiary/aromatic N) is 3. The van der Waals surface area contributed by atoms with Crippen molar-refractivity contribution in [3.63, 3.8) is 0 Å². The Morgan fingerprint density at radius 3 is 2.22 bits per heavy atom. The third-order valence-electron chi connectivity index (χ3n) is 9.96. The molecule has 1 N–H and O–H groups in total. The highest BCUT2D eigenvalue weighted by atomic mass is 19.1. The van der Waals surface area contributed by atoms with Crippen LogP contribution in [0.3, 0.4) is 0 Å². The lowest BCUT2D eigenvalue weighted by Gasteiger charge is -2.43. The molecule has 3 aromatic rings. The molecule has 5 amide bonds. The van der Waals surface area contributed by atoms with Gasteiger partial charge in [0, 0.05) is 62.0 Å². The fraction of sp³-hybridized carbons (Fsp3) is 0.366. The fourth-order valence-corrected chi connectivity index (χ4v) is 7.12. The number of carbonyl (C=O) groups excluding carboxylic acids is 4. The summed E-state index contributed by atoms with van der Waals surface area (Å²) >= 11 is 0. The van der Waals surface area contributed by atoms with Crippen molar-refractivity contribution in [3.05, 3.63) is 77.1 Å². The van der Waals surface area contributed by atoms with Crippen LogP contribution in [0.25, 0.3) is 0 Å². The van der Waals surface area contributed by atoms with Crippen molar-refractivity contribution in [3.8, 4) is 35.3 Å². The maximum Gasteiger partial charge on any atom is 0.345 e. The van der Waals surface area contributed by atoms with Crippen LogP contribution in [0.4, 0.5) is 26.2 Å². The predicted octanol–water partition coefficient (Wildman–Crippen LogP) is 6.85. The first-order valence-corrected chi connectivity index (χ1v) is 17.7. The molecule has 13 nitrogen and oxygen atoms in total. The van der Waals surface area contributed by atoms with Gasteiger partial charge in [-0.25, -0.2) is 19.1 Å². The van der Waals surface area contributed by atoms with Gasteiger partial charge in [-0.1, -0.05) is 25.8 Å². The SMILES string of the molecule is C#CCN1C(=O)COc2cc(F)c(N3C(=O)C4=C(CCCC4)C3=O)cc21.CON(C)C(=O)Nc1ccc(Oc2ccc3c(c2)OC(C)(OC)CC3(C)C)cc1. The molecule has 3 aromatic carbocycles. The Balaban J connectivity index is 0.000000188. The average molecular weight is 755 g/mol. The van der Waals surface area contributed by atoms with Crippen molar-refractivity contribution in [2.75, 3.05) is 49.5 Å². The summed E-state index contributed by atoms with van der Waals surface area (Å²) in [5.41, 5.74) is 2.68. The predicted molar refractivity (Wildman–Crippen MR) is 202 cm³/mol. The van der Waals surface area contributed by atoms with Crippen LogP contribution < -0.4 is 29.3 Å². The number of hydroxylamine groups is 2. The molecule has 4 aliphatic rings. The molecule has 0 fully saturated rings. The largest absolute Gasteiger partial charge is 0.481 e. The first kappa shape index (κ1) is 38.8. The summed E-state index contributed by atoms with van der Waals surface area (Å²) in [7, 11) is 4.61. The number of urea groups is 1. The minimum Gasteiger partial charge on any atom is -0.481 e. The Bertz CT molecular complexity index is 2080. The molecule has 0 bridgehead atoms. The average Bonchev–Trinajstić information content (AvgIpc) is 3.41. The van der Waals surface area contributed by atoms with Gasteiger partial charge in [-0.2, -0.15) is 0 Å². The van der Waals surface area contributed by atoms with E-state index in [1.165, 1.54) is 25.1 Å². The zero-order valence-corrected chi connectivity index (χ0v) is 31.6. The summed E-state index contributed by atoms with van der Waals surface area (Å²) in [6, 6.07) is 14.9. The molecule has 14 heteroatoms. The fourth-order valence-electron chi connectivity index (χ4n) is 7.12. The number of fused-ring (bicyclic) bond motifs is 2. The Morgan fingerprint density at radius 1 is 0.945 bits per heavy atom. The van der Waals surface area contributed by atoms with E-state index < -0.39 is 23.4 Å². The first-order chi connectivity index (χ1) is 26.2. The van der Waals surface area contributed by atoms with Gasteiger partial charge in [0.05, 0.1) is 25.0 Å². The minimum absolute atomic E-state index is 0.0170. The summed E-state index contributed by atoms with van der Waals surface area (Å²) in [5, 5.41) is 3.83. The number of hydrogen-bond acceptors (Lipinski definition) is 9. The Hall–Kier alpha value is -5.91. The van der Waals surface area contributed by atoms with Gasteiger partial charge in [0.2, 0.25) is 5.79 Å². The van der Waals surface area contributed by atoms with Crippen molar-refractivity contribution >= 4 is 40.8 Å². The van der Waals surface area contributed by atoms with Crippen LogP contribution in [0.5, 0.6) is 23.0 Å². The number of halogens is 1. The number of methoxy groups -OCH3 is 1. The van der Waals surface area contributed by atoms with E-state index in [1.807, 2.05) is 25.1 Å². The number of terminal acetylenes is 1. The van der Waals surface area contributed by atoms with Crippen LogP contribution in [-0.2, 0) is 29.4 Å². The lowest BCUT2D eigenvalue weighted by molar-refractivity contribution is -0.172. The molecule has 0 radical (unpaired) electrons. The van der Waals surface area contributed by atoms with E-state index in [0.717, 1.165) is 46.6 Å². The summed E-state index contributed by atoms with van der Waals surface area (Å²) < 4.78 is 37.6. The van der Waals surface area contributed by atoms with Gasteiger partial charge in [-0.3, -0.25) is 24.1 Å². The monoisotopic (exact) mass is 754 g/mol. The summed E-state index contributed by atoms with van der Waals surface area (Å²) in [6.07, 6.45) is 8.77. The van der Waals surface area contributed by atoms with Crippen molar-refractivity contribution in [1.82, 2.24) is 5.06 Å².